The number of carbonyl (C=O) groups is 1. The van der Waals surface area contributed by atoms with Crippen molar-refractivity contribution in [1.29, 1.82) is 0 Å². The number of piperidine rings is 1. The molecule has 1 fully saturated rings. The Hall–Kier alpha value is -2.41. The largest absolute Gasteiger partial charge is 0.342 e. The molecular formula is C25H35N5O2. The number of nitrogens with zero attached hydrogens (tertiary/aromatic N) is 4. The van der Waals surface area contributed by atoms with Gasteiger partial charge < -0.3 is 4.90 Å². The van der Waals surface area contributed by atoms with Gasteiger partial charge in [0.05, 0.1) is 11.3 Å². The van der Waals surface area contributed by atoms with Crippen molar-refractivity contribution in [3.8, 4) is 0 Å². The second kappa shape index (κ2) is 8.85. The Bertz CT molecular complexity index is 1070. The molecule has 1 amide bonds. The molecule has 7 heteroatoms. The Morgan fingerprint density at radius 2 is 2.00 bits per heavy atom. The molecule has 0 spiro atoms. The molecule has 0 aromatic carbocycles. The summed E-state index contributed by atoms with van der Waals surface area (Å²) < 4.78 is 1.65. The average molecular weight is 438 g/mol. The molecule has 1 saturated heterocycles. The fraction of sp³-hybridized carbons (Fsp3) is 0.640. The van der Waals surface area contributed by atoms with E-state index in [-0.39, 0.29) is 17.4 Å². The predicted molar refractivity (Wildman–Crippen MR) is 125 cm³/mol. The molecule has 0 radical (unpaired) electrons. The molecule has 32 heavy (non-hydrogen) atoms. The van der Waals surface area contributed by atoms with Gasteiger partial charge in [0.1, 0.15) is 0 Å². The number of hydrogen-bond donors (Lipinski definition) is 1. The van der Waals surface area contributed by atoms with Crippen LogP contribution in [-0.2, 0) is 17.8 Å². The fourth-order valence-electron chi connectivity index (χ4n) is 5.58. The molecule has 1 N–H and O–H groups in total. The monoisotopic (exact) mass is 437 g/mol. The number of amides is 1. The molecule has 5 rings (SSSR count). The quantitative estimate of drug-likeness (QED) is 0.746. The van der Waals surface area contributed by atoms with Crippen LogP contribution in [-0.4, -0.2) is 56.5 Å². The summed E-state index contributed by atoms with van der Waals surface area (Å²) in [6.07, 6.45) is 10.8. The Balaban J connectivity index is 1.31. The highest BCUT2D eigenvalue weighted by Gasteiger charge is 2.28. The number of nitrogens with one attached hydrogen (secondary N) is 1. The number of likely N-dealkylation sites (tertiary alicyclic amines) is 1. The number of aromatic nitrogens is 3. The van der Waals surface area contributed by atoms with E-state index in [0.717, 1.165) is 74.5 Å². The maximum Gasteiger partial charge on any atom is 0.277 e. The van der Waals surface area contributed by atoms with Crippen molar-refractivity contribution in [3.05, 3.63) is 45.5 Å². The first-order valence-corrected chi connectivity index (χ1v) is 12.3. The van der Waals surface area contributed by atoms with Crippen molar-refractivity contribution in [2.75, 3.05) is 26.2 Å². The summed E-state index contributed by atoms with van der Waals surface area (Å²) in [5.74, 6) is 1.31. The first-order valence-electron chi connectivity index (χ1n) is 12.3. The van der Waals surface area contributed by atoms with Crippen LogP contribution in [0.15, 0.2) is 23.0 Å². The molecule has 172 valence electrons. The minimum Gasteiger partial charge on any atom is -0.342 e. The van der Waals surface area contributed by atoms with Gasteiger partial charge in [-0.25, -0.2) is 9.50 Å². The lowest BCUT2D eigenvalue weighted by atomic mass is 9.93. The molecule has 2 aromatic heterocycles. The molecule has 0 bridgehead atoms. The van der Waals surface area contributed by atoms with Crippen molar-refractivity contribution in [2.24, 2.45) is 11.8 Å². The maximum atomic E-state index is 13.3. The van der Waals surface area contributed by atoms with E-state index < -0.39 is 0 Å². The van der Waals surface area contributed by atoms with Gasteiger partial charge in [-0.15, -0.1) is 0 Å². The molecule has 2 aromatic rings. The Labute approximate surface area is 189 Å². The molecule has 7 nitrogen and oxygen atoms in total. The fourth-order valence-corrected chi connectivity index (χ4v) is 5.58. The molecule has 3 aliphatic rings. The third-order valence-corrected chi connectivity index (χ3v) is 7.49. The second-order valence-corrected chi connectivity index (χ2v) is 10.1. The van der Waals surface area contributed by atoms with Crippen LogP contribution in [0.4, 0.5) is 0 Å². The standard InChI is InChI=1S/C25H35N5O2/c1-17(2)24(31)29-12-8-19(9-13-29)22-14-23-26-21-10-11-28(15-18-6-4-3-5-7-18)16-20(21)25(32)30(23)27-22/h3-4,14,17-19,27H,5-13,15-16H2,1-2H3. The highest BCUT2D eigenvalue weighted by Crippen LogP contribution is 2.29. The smallest absolute Gasteiger partial charge is 0.277 e. The first-order chi connectivity index (χ1) is 15.5. The van der Waals surface area contributed by atoms with Crippen LogP contribution in [0.2, 0.25) is 0 Å². The minimum absolute atomic E-state index is 0.0443. The molecule has 1 unspecified atom stereocenters. The van der Waals surface area contributed by atoms with Crippen molar-refractivity contribution in [3.63, 3.8) is 0 Å². The van der Waals surface area contributed by atoms with E-state index in [0.29, 0.717) is 18.4 Å². The van der Waals surface area contributed by atoms with Gasteiger partial charge in [0.2, 0.25) is 5.91 Å². The molecule has 0 saturated carbocycles. The number of hydrogen-bond acceptors (Lipinski definition) is 4. The van der Waals surface area contributed by atoms with Gasteiger partial charge in [0.25, 0.3) is 5.56 Å². The zero-order chi connectivity index (χ0) is 22.2. The van der Waals surface area contributed by atoms with Crippen LogP contribution in [0, 0.1) is 11.8 Å². The van der Waals surface area contributed by atoms with E-state index in [9.17, 15) is 9.59 Å². The summed E-state index contributed by atoms with van der Waals surface area (Å²) in [5, 5.41) is 3.36. The zero-order valence-electron chi connectivity index (χ0n) is 19.3. The van der Waals surface area contributed by atoms with Gasteiger partial charge >= 0.3 is 0 Å². The van der Waals surface area contributed by atoms with Gasteiger partial charge in [-0.1, -0.05) is 26.0 Å². The predicted octanol–water partition coefficient (Wildman–Crippen LogP) is 3.10. The number of H-pyrrole nitrogens is 1. The lowest BCUT2D eigenvalue weighted by Gasteiger charge is -2.32. The van der Waals surface area contributed by atoms with Gasteiger partial charge in [-0.3, -0.25) is 19.6 Å². The van der Waals surface area contributed by atoms with E-state index in [1.165, 1.54) is 12.8 Å². The van der Waals surface area contributed by atoms with E-state index >= 15 is 0 Å². The highest BCUT2D eigenvalue weighted by molar-refractivity contribution is 5.78. The molecule has 1 aliphatic carbocycles. The summed E-state index contributed by atoms with van der Waals surface area (Å²) >= 11 is 0. The lowest BCUT2D eigenvalue weighted by Crippen LogP contribution is -2.40. The Kier molecular flexibility index (Phi) is 5.93. The van der Waals surface area contributed by atoms with Crippen molar-refractivity contribution in [1.82, 2.24) is 24.4 Å². The van der Waals surface area contributed by atoms with Gasteiger partial charge in [-0.2, -0.15) is 0 Å². The van der Waals surface area contributed by atoms with Gasteiger partial charge in [0, 0.05) is 62.7 Å². The molecular weight excluding hydrogens is 402 g/mol. The van der Waals surface area contributed by atoms with E-state index in [4.69, 9.17) is 4.98 Å². The molecule has 4 heterocycles. The summed E-state index contributed by atoms with van der Waals surface area (Å²) in [4.78, 5) is 34.9. The van der Waals surface area contributed by atoms with Crippen molar-refractivity contribution in [2.45, 2.75) is 64.8 Å². The summed E-state index contributed by atoms with van der Waals surface area (Å²) in [6.45, 7) is 8.22. The topological polar surface area (TPSA) is 73.7 Å². The van der Waals surface area contributed by atoms with E-state index in [1.807, 2.05) is 24.8 Å². The molecule has 2 aliphatic heterocycles. The number of fused-ring (bicyclic) bond motifs is 2. The summed E-state index contributed by atoms with van der Waals surface area (Å²) in [7, 11) is 0. The Morgan fingerprint density at radius 3 is 2.72 bits per heavy atom. The highest BCUT2D eigenvalue weighted by atomic mass is 16.2. The lowest BCUT2D eigenvalue weighted by molar-refractivity contribution is -0.135. The number of carbonyl (C=O) groups excluding carboxylic acids is 1. The van der Waals surface area contributed by atoms with Crippen LogP contribution in [0.5, 0.6) is 0 Å². The maximum absolute atomic E-state index is 13.3. The SMILES string of the molecule is CC(C)C(=O)N1CCC(c2cc3nc4c(c(=O)n3[nH]2)CN(CC2CC=CCC2)CC4)CC1. The Morgan fingerprint density at radius 1 is 1.19 bits per heavy atom. The van der Waals surface area contributed by atoms with Crippen LogP contribution >= 0.6 is 0 Å². The number of aromatic amines is 1. The van der Waals surface area contributed by atoms with E-state index in [1.54, 1.807) is 4.52 Å². The van der Waals surface area contributed by atoms with Crippen molar-refractivity contribution >= 4 is 11.6 Å². The van der Waals surface area contributed by atoms with Gasteiger partial charge in [-0.05, 0) is 38.0 Å². The van der Waals surface area contributed by atoms with Crippen LogP contribution in [0.1, 0.15) is 68.8 Å². The average Bonchev–Trinajstić information content (AvgIpc) is 3.24. The van der Waals surface area contributed by atoms with Gasteiger partial charge in [0.15, 0.2) is 5.65 Å². The minimum atomic E-state index is 0.0443. The molecule has 1 atom stereocenters. The second-order valence-electron chi connectivity index (χ2n) is 10.1. The van der Waals surface area contributed by atoms with Crippen LogP contribution in [0.3, 0.4) is 0 Å². The normalized spacial score (nSPS) is 22.6. The third kappa shape index (κ3) is 4.15. The van der Waals surface area contributed by atoms with Crippen LogP contribution < -0.4 is 5.56 Å². The summed E-state index contributed by atoms with van der Waals surface area (Å²) in [5.41, 5.74) is 3.68. The number of allylic oxidation sites excluding steroid dienone is 2. The third-order valence-electron chi connectivity index (χ3n) is 7.49. The zero-order valence-corrected chi connectivity index (χ0v) is 19.3. The van der Waals surface area contributed by atoms with E-state index in [2.05, 4.69) is 22.2 Å². The van der Waals surface area contributed by atoms with Crippen LogP contribution in [0.25, 0.3) is 5.65 Å². The van der Waals surface area contributed by atoms with Crippen molar-refractivity contribution < 1.29 is 4.79 Å². The summed E-state index contributed by atoms with van der Waals surface area (Å²) in [6, 6.07) is 2.05. The first kappa shape index (κ1) is 21.4. The number of rotatable bonds is 4.